The molecule has 0 aromatic carbocycles. The smallest absolute Gasteiger partial charge is 0.311 e. The zero-order valence-electron chi connectivity index (χ0n) is 15.4. The Kier molecular flexibility index (Phi) is 7.11. The molecule has 0 bridgehead atoms. The maximum atomic E-state index is 12.4. The number of carbonyl (C=O) groups is 2. The molecule has 0 saturated carbocycles. The van der Waals surface area contributed by atoms with Gasteiger partial charge in [-0.3, -0.25) is 9.59 Å². The quantitative estimate of drug-likeness (QED) is 0.655. The van der Waals surface area contributed by atoms with Crippen molar-refractivity contribution in [3.05, 3.63) is 0 Å². The lowest BCUT2D eigenvalue weighted by Crippen LogP contribution is -2.59. The van der Waals surface area contributed by atoms with Crippen molar-refractivity contribution in [3.63, 3.8) is 0 Å². The third-order valence-electron chi connectivity index (χ3n) is 4.99. The van der Waals surface area contributed by atoms with Crippen LogP contribution in [0.5, 0.6) is 0 Å². The molecule has 2 N–H and O–H groups in total. The van der Waals surface area contributed by atoms with Crippen LogP contribution >= 0.6 is 0 Å². The Morgan fingerprint density at radius 1 is 0.682 bits per heavy atom. The first-order valence-corrected chi connectivity index (χ1v) is 8.33. The molecule has 0 saturated heterocycles. The number of rotatable bonds is 9. The van der Waals surface area contributed by atoms with Crippen molar-refractivity contribution in [2.45, 2.75) is 68.2 Å². The molecule has 2 atom stereocenters. The van der Waals surface area contributed by atoms with Gasteiger partial charge in [0, 0.05) is 0 Å². The molecule has 4 heteroatoms. The van der Waals surface area contributed by atoms with Crippen molar-refractivity contribution in [1.29, 1.82) is 0 Å². The minimum absolute atomic E-state index is 0.114. The average molecular weight is 314 g/mol. The van der Waals surface area contributed by atoms with E-state index in [1.54, 1.807) is 0 Å². The van der Waals surface area contributed by atoms with Crippen molar-refractivity contribution in [3.8, 4) is 0 Å². The normalized spacial score (nSPS) is 17.8. The standard InChI is InChI=1S/C18H34O4/c1-11(2)9-17(13(5)6,15(19)20)18(14(7)8,16(21)22)10-12(3)4/h11-14H,9-10H2,1-8H3,(H,19,20)(H,21,22). The summed E-state index contributed by atoms with van der Waals surface area (Å²) in [7, 11) is 0. The van der Waals surface area contributed by atoms with E-state index in [4.69, 9.17) is 0 Å². The van der Waals surface area contributed by atoms with Crippen LogP contribution in [0.25, 0.3) is 0 Å². The van der Waals surface area contributed by atoms with E-state index in [0.29, 0.717) is 12.8 Å². The van der Waals surface area contributed by atoms with Gasteiger partial charge in [-0.15, -0.1) is 0 Å². The molecule has 0 aromatic heterocycles. The van der Waals surface area contributed by atoms with Gasteiger partial charge in [-0.05, 0) is 36.5 Å². The summed E-state index contributed by atoms with van der Waals surface area (Å²) in [5.74, 6) is -2.25. The number of aliphatic carboxylic acids is 2. The van der Waals surface area contributed by atoms with Gasteiger partial charge in [0.1, 0.15) is 0 Å². The van der Waals surface area contributed by atoms with E-state index in [2.05, 4.69) is 0 Å². The SMILES string of the molecule is CC(C)CC(C(=O)O)(C(C)C)C(CC(C)C)(C(=O)O)C(C)C. The molecule has 0 amide bonds. The molecular formula is C18H34O4. The topological polar surface area (TPSA) is 74.6 Å². The third kappa shape index (κ3) is 3.47. The first-order chi connectivity index (χ1) is 9.86. The van der Waals surface area contributed by atoms with Crippen LogP contribution < -0.4 is 0 Å². The van der Waals surface area contributed by atoms with Gasteiger partial charge in [0.05, 0.1) is 10.8 Å². The molecule has 0 aliphatic rings. The van der Waals surface area contributed by atoms with Gasteiger partial charge in [0.2, 0.25) is 0 Å². The van der Waals surface area contributed by atoms with Gasteiger partial charge in [-0.2, -0.15) is 0 Å². The summed E-state index contributed by atoms with van der Waals surface area (Å²) in [6, 6.07) is 0. The Balaban J connectivity index is 6.62. The lowest BCUT2D eigenvalue weighted by molar-refractivity contribution is -0.191. The summed E-state index contributed by atoms with van der Waals surface area (Å²) in [4.78, 5) is 24.7. The van der Waals surface area contributed by atoms with Crippen molar-refractivity contribution >= 4 is 11.9 Å². The largest absolute Gasteiger partial charge is 0.481 e. The zero-order valence-corrected chi connectivity index (χ0v) is 15.4. The highest BCUT2D eigenvalue weighted by Crippen LogP contribution is 2.57. The van der Waals surface area contributed by atoms with E-state index in [1.165, 1.54) is 0 Å². The molecule has 0 heterocycles. The lowest BCUT2D eigenvalue weighted by atomic mass is 9.49. The van der Waals surface area contributed by atoms with Crippen LogP contribution in [0.15, 0.2) is 0 Å². The van der Waals surface area contributed by atoms with E-state index in [0.717, 1.165) is 0 Å². The van der Waals surface area contributed by atoms with Crippen LogP contribution in [0, 0.1) is 34.5 Å². The molecule has 0 fully saturated rings. The highest BCUT2D eigenvalue weighted by Gasteiger charge is 2.64. The van der Waals surface area contributed by atoms with E-state index < -0.39 is 22.8 Å². The number of carboxylic acids is 2. The molecule has 0 radical (unpaired) electrons. The Morgan fingerprint density at radius 3 is 1.00 bits per heavy atom. The second-order valence-electron chi connectivity index (χ2n) is 8.06. The second kappa shape index (κ2) is 7.47. The van der Waals surface area contributed by atoms with Crippen molar-refractivity contribution < 1.29 is 19.8 Å². The molecule has 4 nitrogen and oxygen atoms in total. The first kappa shape index (κ1) is 20.9. The fraction of sp³-hybridized carbons (Fsp3) is 0.889. The van der Waals surface area contributed by atoms with Gasteiger partial charge in [-0.25, -0.2) is 0 Å². The third-order valence-corrected chi connectivity index (χ3v) is 4.99. The van der Waals surface area contributed by atoms with Gasteiger partial charge in [-0.1, -0.05) is 55.4 Å². The van der Waals surface area contributed by atoms with Crippen LogP contribution in [0.2, 0.25) is 0 Å². The molecular weight excluding hydrogens is 280 g/mol. The minimum Gasteiger partial charge on any atom is -0.481 e. The molecule has 0 aliphatic heterocycles. The summed E-state index contributed by atoms with van der Waals surface area (Å²) in [6.07, 6.45) is 0.744. The molecule has 2 unspecified atom stereocenters. The Hall–Kier alpha value is -1.06. The lowest BCUT2D eigenvalue weighted by Gasteiger charge is -2.51. The Bertz CT molecular complexity index is 360. The van der Waals surface area contributed by atoms with E-state index in [-0.39, 0.29) is 23.7 Å². The average Bonchev–Trinajstić information content (AvgIpc) is 2.30. The van der Waals surface area contributed by atoms with Crippen LogP contribution in [-0.4, -0.2) is 22.2 Å². The van der Waals surface area contributed by atoms with Crippen LogP contribution in [0.3, 0.4) is 0 Å². The molecule has 0 spiro atoms. The van der Waals surface area contributed by atoms with Crippen molar-refractivity contribution in [2.75, 3.05) is 0 Å². The first-order valence-electron chi connectivity index (χ1n) is 8.33. The van der Waals surface area contributed by atoms with Gasteiger partial charge >= 0.3 is 11.9 Å². The summed E-state index contributed by atoms with van der Waals surface area (Å²) in [6.45, 7) is 15.2. The molecule has 0 rings (SSSR count). The van der Waals surface area contributed by atoms with Crippen LogP contribution in [-0.2, 0) is 9.59 Å². The number of hydrogen-bond donors (Lipinski definition) is 2. The maximum absolute atomic E-state index is 12.4. The molecule has 22 heavy (non-hydrogen) atoms. The Labute approximate surface area is 135 Å². The van der Waals surface area contributed by atoms with Gasteiger partial charge < -0.3 is 10.2 Å². The van der Waals surface area contributed by atoms with E-state index in [9.17, 15) is 19.8 Å². The van der Waals surface area contributed by atoms with Crippen molar-refractivity contribution in [1.82, 2.24) is 0 Å². The maximum Gasteiger partial charge on any atom is 0.311 e. The molecule has 0 aromatic rings. The Morgan fingerprint density at radius 2 is 0.909 bits per heavy atom. The number of hydrogen-bond acceptors (Lipinski definition) is 2. The van der Waals surface area contributed by atoms with Gasteiger partial charge in [0.15, 0.2) is 0 Å². The predicted octanol–water partition coefficient (Wildman–Crippen LogP) is 4.53. The van der Waals surface area contributed by atoms with Crippen molar-refractivity contribution in [2.24, 2.45) is 34.5 Å². The minimum atomic E-state index is -1.27. The highest BCUT2D eigenvalue weighted by atomic mass is 16.4. The highest BCUT2D eigenvalue weighted by molar-refractivity contribution is 5.87. The summed E-state index contributed by atoms with van der Waals surface area (Å²) in [5, 5.41) is 20.3. The summed E-state index contributed by atoms with van der Waals surface area (Å²) in [5.41, 5.74) is -2.54. The monoisotopic (exact) mass is 314 g/mol. The molecule has 0 aliphatic carbocycles. The molecule has 130 valence electrons. The van der Waals surface area contributed by atoms with E-state index in [1.807, 2.05) is 55.4 Å². The zero-order chi connectivity index (χ0) is 17.9. The summed E-state index contributed by atoms with van der Waals surface area (Å²) >= 11 is 0. The fourth-order valence-electron chi connectivity index (χ4n) is 4.20. The second-order valence-corrected chi connectivity index (χ2v) is 8.06. The predicted molar refractivity (Wildman–Crippen MR) is 88.7 cm³/mol. The number of carboxylic acid groups (broad SMARTS) is 2. The summed E-state index contributed by atoms with van der Waals surface area (Å²) < 4.78 is 0. The van der Waals surface area contributed by atoms with Crippen LogP contribution in [0.4, 0.5) is 0 Å². The van der Waals surface area contributed by atoms with Crippen LogP contribution in [0.1, 0.15) is 68.2 Å². The fourth-order valence-corrected chi connectivity index (χ4v) is 4.20. The van der Waals surface area contributed by atoms with Gasteiger partial charge in [0.25, 0.3) is 0 Å². The van der Waals surface area contributed by atoms with E-state index >= 15 is 0 Å².